The van der Waals surface area contributed by atoms with Gasteiger partial charge in [0.1, 0.15) is 0 Å². The summed E-state index contributed by atoms with van der Waals surface area (Å²) in [6.45, 7) is 10.9. The van der Waals surface area contributed by atoms with Crippen LogP contribution in [0.2, 0.25) is 0 Å². The van der Waals surface area contributed by atoms with Crippen molar-refractivity contribution in [2.45, 2.75) is 38.2 Å². The summed E-state index contributed by atoms with van der Waals surface area (Å²) in [6.07, 6.45) is 8.56. The zero-order valence-electron chi connectivity index (χ0n) is 13.4. The third-order valence-corrected chi connectivity index (χ3v) is 4.67. The second-order valence-corrected chi connectivity index (χ2v) is 6.58. The number of aliphatic hydroxyl groups excluding tert-OH is 1. The Balaban J connectivity index is 1.72. The van der Waals surface area contributed by atoms with Gasteiger partial charge in [-0.3, -0.25) is 9.80 Å². The molecule has 4 heteroatoms. The topological polar surface area (TPSA) is 35.9 Å². The maximum atomic E-state index is 10.4. The molecule has 1 N–H and O–H groups in total. The Hall–Kier alpha value is -0.420. The molecule has 1 saturated carbocycles. The molecule has 1 unspecified atom stereocenters. The van der Waals surface area contributed by atoms with Crippen molar-refractivity contribution in [1.29, 1.82) is 0 Å². The van der Waals surface area contributed by atoms with Gasteiger partial charge in [0.25, 0.3) is 0 Å². The van der Waals surface area contributed by atoms with E-state index in [0.29, 0.717) is 0 Å². The molecular formula is C17H32N2O2. The predicted octanol–water partition coefficient (Wildman–Crippen LogP) is 1.75. The number of rotatable bonds is 8. The van der Waals surface area contributed by atoms with Gasteiger partial charge in [0.2, 0.25) is 0 Å². The number of β-amino-alcohol motifs (C(OH)–C–C–N with tert-alkyl or cyclic N) is 1. The van der Waals surface area contributed by atoms with Crippen molar-refractivity contribution in [2.24, 2.45) is 5.92 Å². The average molecular weight is 296 g/mol. The van der Waals surface area contributed by atoms with E-state index in [4.69, 9.17) is 4.74 Å². The molecule has 2 fully saturated rings. The second-order valence-electron chi connectivity index (χ2n) is 6.58. The minimum Gasteiger partial charge on any atom is -0.390 e. The van der Waals surface area contributed by atoms with E-state index in [2.05, 4.69) is 16.4 Å². The molecule has 122 valence electrons. The lowest BCUT2D eigenvalue weighted by molar-refractivity contribution is 0.00633. The van der Waals surface area contributed by atoms with Gasteiger partial charge in [-0.1, -0.05) is 25.3 Å². The fourth-order valence-corrected chi connectivity index (χ4v) is 3.58. The van der Waals surface area contributed by atoms with E-state index in [1.165, 1.54) is 32.1 Å². The molecule has 2 aliphatic rings. The maximum Gasteiger partial charge on any atom is 0.0793 e. The summed E-state index contributed by atoms with van der Waals surface area (Å²) in [4.78, 5) is 4.69. The summed E-state index contributed by atoms with van der Waals surface area (Å²) in [5.41, 5.74) is 0. The highest BCUT2D eigenvalue weighted by Crippen LogP contribution is 2.24. The summed E-state index contributed by atoms with van der Waals surface area (Å²) in [6, 6.07) is 0. The molecule has 1 saturated heterocycles. The Labute approximate surface area is 129 Å². The lowest BCUT2D eigenvalue weighted by Crippen LogP contribution is -2.45. The van der Waals surface area contributed by atoms with Crippen LogP contribution < -0.4 is 0 Å². The third kappa shape index (κ3) is 6.47. The number of nitrogens with zero attached hydrogens (tertiary/aromatic N) is 2. The molecule has 4 nitrogen and oxygen atoms in total. The fourth-order valence-electron chi connectivity index (χ4n) is 3.58. The maximum absolute atomic E-state index is 10.4. The van der Waals surface area contributed by atoms with Crippen molar-refractivity contribution in [2.75, 3.05) is 52.5 Å². The second kappa shape index (κ2) is 9.57. The van der Waals surface area contributed by atoms with E-state index < -0.39 is 0 Å². The minimum atomic E-state index is -0.272. The molecule has 1 heterocycles. The number of hydrogen-bond donors (Lipinski definition) is 1. The molecular weight excluding hydrogens is 264 g/mol. The van der Waals surface area contributed by atoms with Crippen LogP contribution in [-0.4, -0.2) is 73.5 Å². The predicted molar refractivity (Wildman–Crippen MR) is 86.5 cm³/mol. The molecule has 21 heavy (non-hydrogen) atoms. The van der Waals surface area contributed by atoms with Crippen LogP contribution in [0.5, 0.6) is 0 Å². The van der Waals surface area contributed by atoms with Crippen LogP contribution in [0, 0.1) is 5.92 Å². The quantitative estimate of drug-likeness (QED) is 0.692. The van der Waals surface area contributed by atoms with Crippen LogP contribution in [0.1, 0.15) is 32.1 Å². The van der Waals surface area contributed by atoms with Crippen molar-refractivity contribution in [3.8, 4) is 0 Å². The molecule has 0 spiro atoms. The van der Waals surface area contributed by atoms with Crippen molar-refractivity contribution in [3.05, 3.63) is 12.7 Å². The molecule has 0 aromatic heterocycles. The highest BCUT2D eigenvalue weighted by atomic mass is 16.5. The molecule has 0 radical (unpaired) electrons. The van der Waals surface area contributed by atoms with Gasteiger partial charge in [-0.05, 0) is 18.8 Å². The Morgan fingerprint density at radius 3 is 2.62 bits per heavy atom. The molecule has 1 aliphatic carbocycles. The summed E-state index contributed by atoms with van der Waals surface area (Å²) < 4.78 is 5.35. The lowest BCUT2D eigenvalue weighted by Gasteiger charge is -2.33. The fraction of sp³-hybridized carbons (Fsp3) is 0.882. The smallest absolute Gasteiger partial charge is 0.0793 e. The molecule has 0 aromatic carbocycles. The summed E-state index contributed by atoms with van der Waals surface area (Å²) in [5.74, 6) is 0.814. The Kier molecular flexibility index (Phi) is 7.72. The molecule has 1 aliphatic heterocycles. The van der Waals surface area contributed by atoms with Crippen molar-refractivity contribution >= 4 is 0 Å². The number of aliphatic hydroxyl groups is 1. The molecule has 2 rings (SSSR count). The lowest BCUT2D eigenvalue weighted by atomic mass is 9.89. The first-order valence-corrected chi connectivity index (χ1v) is 8.59. The van der Waals surface area contributed by atoms with Crippen LogP contribution in [0.4, 0.5) is 0 Å². The zero-order chi connectivity index (χ0) is 14.9. The van der Waals surface area contributed by atoms with E-state index in [0.717, 1.165) is 58.4 Å². The summed E-state index contributed by atoms with van der Waals surface area (Å²) in [5, 5.41) is 10.4. The van der Waals surface area contributed by atoms with E-state index in [9.17, 15) is 5.11 Å². The normalized spacial score (nSPS) is 23.3. The Bertz CT molecular complexity index is 287. The largest absolute Gasteiger partial charge is 0.390 e. The minimum absolute atomic E-state index is 0.272. The van der Waals surface area contributed by atoms with Gasteiger partial charge in [0.05, 0.1) is 19.3 Å². The molecule has 0 amide bonds. The van der Waals surface area contributed by atoms with Crippen molar-refractivity contribution in [1.82, 2.24) is 9.80 Å². The summed E-state index contributed by atoms with van der Waals surface area (Å²) >= 11 is 0. The zero-order valence-corrected chi connectivity index (χ0v) is 13.4. The molecule has 0 bridgehead atoms. The highest BCUT2D eigenvalue weighted by Gasteiger charge is 2.20. The summed E-state index contributed by atoms with van der Waals surface area (Å²) in [7, 11) is 0. The molecule has 1 atom stereocenters. The number of hydrogen-bond acceptors (Lipinski definition) is 4. The Morgan fingerprint density at radius 1 is 1.24 bits per heavy atom. The van der Waals surface area contributed by atoms with Gasteiger partial charge in [-0.2, -0.15) is 0 Å². The van der Waals surface area contributed by atoms with Crippen molar-refractivity contribution in [3.63, 3.8) is 0 Å². The average Bonchev–Trinajstić information content (AvgIpc) is 2.49. The van der Waals surface area contributed by atoms with Gasteiger partial charge in [-0.25, -0.2) is 0 Å². The first-order valence-electron chi connectivity index (χ1n) is 8.59. The van der Waals surface area contributed by atoms with E-state index in [1.54, 1.807) is 0 Å². The van der Waals surface area contributed by atoms with Crippen LogP contribution >= 0.6 is 0 Å². The van der Waals surface area contributed by atoms with Crippen LogP contribution in [0.15, 0.2) is 12.7 Å². The monoisotopic (exact) mass is 296 g/mol. The van der Waals surface area contributed by atoms with Crippen molar-refractivity contribution < 1.29 is 9.84 Å². The van der Waals surface area contributed by atoms with E-state index >= 15 is 0 Å². The van der Waals surface area contributed by atoms with Gasteiger partial charge < -0.3 is 9.84 Å². The van der Waals surface area contributed by atoms with Gasteiger partial charge in [0, 0.05) is 39.3 Å². The first kappa shape index (κ1) is 16.9. The van der Waals surface area contributed by atoms with Crippen LogP contribution in [0.25, 0.3) is 0 Å². The Morgan fingerprint density at radius 2 is 1.95 bits per heavy atom. The van der Waals surface area contributed by atoms with E-state index in [-0.39, 0.29) is 6.10 Å². The standard InChI is InChI=1S/C17H32N2O2/c1-2-8-19(13-16-6-4-3-5-7-16)15-17(20)14-18-9-11-21-12-10-18/h2,16-17,20H,1,3-15H2. The van der Waals surface area contributed by atoms with Crippen LogP contribution in [0.3, 0.4) is 0 Å². The SMILES string of the molecule is C=CCN(CC(O)CN1CCOCC1)CC1CCCCC1. The van der Waals surface area contributed by atoms with E-state index in [1.807, 2.05) is 6.08 Å². The number of ether oxygens (including phenoxy) is 1. The van der Waals surface area contributed by atoms with Gasteiger partial charge in [0.15, 0.2) is 0 Å². The first-order chi connectivity index (χ1) is 10.3. The number of morpholine rings is 1. The van der Waals surface area contributed by atoms with Crippen LogP contribution in [-0.2, 0) is 4.74 Å². The van der Waals surface area contributed by atoms with Gasteiger partial charge >= 0.3 is 0 Å². The highest BCUT2D eigenvalue weighted by molar-refractivity contribution is 4.80. The van der Waals surface area contributed by atoms with Gasteiger partial charge in [-0.15, -0.1) is 6.58 Å². The third-order valence-electron chi connectivity index (χ3n) is 4.67. The molecule has 0 aromatic rings.